The van der Waals surface area contributed by atoms with Crippen LogP contribution in [0.3, 0.4) is 0 Å². The first-order chi connectivity index (χ1) is 8.80. The molecule has 0 saturated carbocycles. The molecule has 1 rings (SSSR count). The Morgan fingerprint density at radius 1 is 1.16 bits per heavy atom. The molecule has 0 fully saturated rings. The van der Waals surface area contributed by atoms with E-state index in [2.05, 4.69) is 0 Å². The average Bonchev–Trinajstić information content (AvgIpc) is 2.35. The van der Waals surface area contributed by atoms with Crippen LogP contribution in [-0.4, -0.2) is 57.0 Å². The van der Waals surface area contributed by atoms with Crippen molar-refractivity contribution in [1.29, 1.82) is 0 Å². The van der Waals surface area contributed by atoms with Crippen molar-refractivity contribution in [2.45, 2.75) is 18.4 Å². The summed E-state index contributed by atoms with van der Waals surface area (Å²) in [5.41, 5.74) is 1.25. The Kier molecular flexibility index (Phi) is 5.49. The first kappa shape index (κ1) is 16.1. The van der Waals surface area contributed by atoms with Crippen LogP contribution in [-0.2, 0) is 16.6 Å². The Morgan fingerprint density at radius 3 is 2.32 bits per heavy atom. The topological polar surface area (TPSA) is 60.9 Å². The van der Waals surface area contributed by atoms with E-state index in [-0.39, 0.29) is 11.5 Å². The van der Waals surface area contributed by atoms with Gasteiger partial charge in [-0.15, -0.1) is 0 Å². The maximum Gasteiger partial charge on any atom is 0.243 e. The summed E-state index contributed by atoms with van der Waals surface area (Å²) in [6.45, 7) is 2.65. The van der Waals surface area contributed by atoms with E-state index in [1.807, 2.05) is 19.0 Å². The maximum atomic E-state index is 12.5. The smallest absolute Gasteiger partial charge is 0.243 e. The highest BCUT2D eigenvalue weighted by Crippen LogP contribution is 2.21. The number of aliphatic hydroxyl groups is 1. The molecule has 5 nitrogen and oxygen atoms in total. The van der Waals surface area contributed by atoms with Gasteiger partial charge in [-0.2, -0.15) is 4.31 Å². The van der Waals surface area contributed by atoms with Crippen molar-refractivity contribution in [3.05, 3.63) is 29.3 Å². The average molecular weight is 286 g/mol. The Bertz CT molecular complexity index is 527. The number of benzene rings is 1. The molecule has 0 bridgehead atoms. The van der Waals surface area contributed by atoms with E-state index < -0.39 is 10.0 Å². The summed E-state index contributed by atoms with van der Waals surface area (Å²) >= 11 is 0. The monoisotopic (exact) mass is 286 g/mol. The van der Waals surface area contributed by atoms with Crippen LogP contribution < -0.4 is 0 Å². The first-order valence-corrected chi connectivity index (χ1v) is 7.55. The summed E-state index contributed by atoms with van der Waals surface area (Å²) < 4.78 is 26.3. The lowest BCUT2D eigenvalue weighted by molar-refractivity contribution is 0.280. The number of nitrogens with zero attached hydrogens (tertiary/aromatic N) is 2. The van der Waals surface area contributed by atoms with Crippen molar-refractivity contribution < 1.29 is 13.5 Å². The van der Waals surface area contributed by atoms with Crippen molar-refractivity contribution in [3.8, 4) is 0 Å². The van der Waals surface area contributed by atoms with Crippen LogP contribution in [0.2, 0.25) is 0 Å². The number of hydrogen-bond donors (Lipinski definition) is 1. The van der Waals surface area contributed by atoms with Crippen molar-refractivity contribution >= 4 is 10.0 Å². The molecule has 0 aliphatic carbocycles. The number of sulfonamides is 1. The summed E-state index contributed by atoms with van der Waals surface area (Å²) in [6.07, 6.45) is 0. The van der Waals surface area contributed by atoms with Crippen molar-refractivity contribution in [1.82, 2.24) is 9.21 Å². The summed E-state index contributed by atoms with van der Waals surface area (Å²) in [5, 5.41) is 9.21. The van der Waals surface area contributed by atoms with Crippen LogP contribution in [0.4, 0.5) is 0 Å². The third-order valence-electron chi connectivity index (χ3n) is 3.12. The van der Waals surface area contributed by atoms with Gasteiger partial charge in [0, 0.05) is 20.1 Å². The standard InChI is InChI=1S/C13H22N2O3S/c1-11-12(10-16)6-5-7-13(11)19(17,18)15(4)9-8-14(2)3/h5-7,16H,8-10H2,1-4H3. The molecule has 0 spiro atoms. The summed E-state index contributed by atoms with van der Waals surface area (Å²) in [7, 11) is 1.87. The highest BCUT2D eigenvalue weighted by molar-refractivity contribution is 7.89. The molecule has 1 aromatic carbocycles. The predicted molar refractivity (Wildman–Crippen MR) is 75.5 cm³/mol. The van der Waals surface area contributed by atoms with Crippen LogP contribution in [0.15, 0.2) is 23.1 Å². The molecule has 0 radical (unpaired) electrons. The molecule has 0 saturated heterocycles. The third kappa shape index (κ3) is 3.76. The fourth-order valence-electron chi connectivity index (χ4n) is 1.74. The second-order valence-corrected chi connectivity index (χ2v) is 6.84. The van der Waals surface area contributed by atoms with E-state index in [4.69, 9.17) is 0 Å². The minimum atomic E-state index is -3.50. The Labute approximate surface area is 115 Å². The number of likely N-dealkylation sites (N-methyl/N-ethyl adjacent to an activating group) is 2. The van der Waals surface area contributed by atoms with Gasteiger partial charge in [-0.05, 0) is 38.2 Å². The lowest BCUT2D eigenvalue weighted by Gasteiger charge is -2.21. The normalized spacial score (nSPS) is 12.4. The number of rotatable bonds is 6. The lowest BCUT2D eigenvalue weighted by atomic mass is 10.1. The fourth-order valence-corrected chi connectivity index (χ4v) is 3.17. The second kappa shape index (κ2) is 6.47. The van der Waals surface area contributed by atoms with Crippen LogP contribution in [0.5, 0.6) is 0 Å². The zero-order valence-corrected chi connectivity index (χ0v) is 12.7. The fraction of sp³-hybridized carbons (Fsp3) is 0.538. The number of aliphatic hydroxyl groups excluding tert-OH is 1. The van der Waals surface area contributed by atoms with Gasteiger partial charge in [-0.3, -0.25) is 0 Å². The molecule has 1 aromatic rings. The van der Waals surface area contributed by atoms with Gasteiger partial charge in [0.05, 0.1) is 11.5 Å². The van der Waals surface area contributed by atoms with Crippen LogP contribution in [0.25, 0.3) is 0 Å². The molecule has 0 aliphatic heterocycles. The zero-order chi connectivity index (χ0) is 14.6. The van der Waals surface area contributed by atoms with E-state index in [0.717, 1.165) is 0 Å². The molecule has 6 heteroatoms. The second-order valence-electron chi connectivity index (χ2n) is 4.83. The van der Waals surface area contributed by atoms with Gasteiger partial charge < -0.3 is 10.0 Å². The van der Waals surface area contributed by atoms with Crippen molar-refractivity contribution in [2.24, 2.45) is 0 Å². The van der Waals surface area contributed by atoms with Crippen molar-refractivity contribution in [3.63, 3.8) is 0 Å². The highest BCUT2D eigenvalue weighted by Gasteiger charge is 2.23. The molecule has 1 N–H and O–H groups in total. The van der Waals surface area contributed by atoms with E-state index in [1.165, 1.54) is 4.31 Å². The van der Waals surface area contributed by atoms with Gasteiger partial charge in [0.1, 0.15) is 0 Å². The molecule has 0 unspecified atom stereocenters. The quantitative estimate of drug-likeness (QED) is 0.835. The Hall–Kier alpha value is -0.950. The molecule has 0 aromatic heterocycles. The van der Waals surface area contributed by atoms with Gasteiger partial charge in [0.2, 0.25) is 10.0 Å². The molecule has 0 aliphatic rings. The summed E-state index contributed by atoms with van der Waals surface area (Å²) in [4.78, 5) is 2.20. The Balaban J connectivity index is 3.06. The van der Waals surface area contributed by atoms with Crippen LogP contribution in [0, 0.1) is 6.92 Å². The van der Waals surface area contributed by atoms with E-state index in [9.17, 15) is 13.5 Å². The maximum absolute atomic E-state index is 12.5. The lowest BCUT2D eigenvalue weighted by Crippen LogP contribution is -2.34. The van der Waals surface area contributed by atoms with Crippen LogP contribution >= 0.6 is 0 Å². The SMILES string of the molecule is Cc1c(CO)cccc1S(=O)(=O)N(C)CCN(C)C. The molecular weight excluding hydrogens is 264 g/mol. The summed E-state index contributed by atoms with van der Waals surface area (Å²) in [6, 6.07) is 4.97. The molecule has 0 amide bonds. The minimum Gasteiger partial charge on any atom is -0.392 e. The number of hydrogen-bond acceptors (Lipinski definition) is 4. The van der Waals surface area contributed by atoms with E-state index in [1.54, 1.807) is 32.2 Å². The first-order valence-electron chi connectivity index (χ1n) is 6.11. The van der Waals surface area contributed by atoms with E-state index >= 15 is 0 Å². The molecule has 0 atom stereocenters. The van der Waals surface area contributed by atoms with Gasteiger partial charge in [0.25, 0.3) is 0 Å². The summed E-state index contributed by atoms with van der Waals surface area (Å²) in [5.74, 6) is 0. The largest absolute Gasteiger partial charge is 0.392 e. The van der Waals surface area contributed by atoms with Gasteiger partial charge >= 0.3 is 0 Å². The highest BCUT2D eigenvalue weighted by atomic mass is 32.2. The van der Waals surface area contributed by atoms with Gasteiger partial charge in [-0.25, -0.2) is 8.42 Å². The Morgan fingerprint density at radius 2 is 1.79 bits per heavy atom. The van der Waals surface area contributed by atoms with Crippen LogP contribution in [0.1, 0.15) is 11.1 Å². The van der Waals surface area contributed by atoms with Gasteiger partial charge in [0.15, 0.2) is 0 Å². The van der Waals surface area contributed by atoms with E-state index in [0.29, 0.717) is 24.2 Å². The minimum absolute atomic E-state index is 0.156. The third-order valence-corrected chi connectivity index (χ3v) is 5.12. The molecule has 108 valence electrons. The molecular formula is C13H22N2O3S. The van der Waals surface area contributed by atoms with Crippen molar-refractivity contribution in [2.75, 3.05) is 34.2 Å². The van der Waals surface area contributed by atoms with Gasteiger partial charge in [-0.1, -0.05) is 12.1 Å². The predicted octanol–water partition coefficient (Wildman–Crippen LogP) is 0.669. The molecule has 19 heavy (non-hydrogen) atoms. The molecule has 0 heterocycles. The zero-order valence-electron chi connectivity index (χ0n) is 11.9.